The van der Waals surface area contributed by atoms with E-state index in [1.807, 2.05) is 42.5 Å². The second-order valence-corrected chi connectivity index (χ2v) is 4.81. The molecule has 3 nitrogen and oxygen atoms in total. The summed E-state index contributed by atoms with van der Waals surface area (Å²) < 4.78 is 6.66. The van der Waals surface area contributed by atoms with E-state index < -0.39 is 0 Å². The van der Waals surface area contributed by atoms with Gasteiger partial charge in [0.2, 0.25) is 0 Å². The van der Waals surface area contributed by atoms with Gasteiger partial charge in [0.25, 0.3) is 0 Å². The third-order valence-corrected chi connectivity index (χ3v) is 3.12. The van der Waals surface area contributed by atoms with E-state index in [9.17, 15) is 5.11 Å². The number of halogens is 1. The summed E-state index contributed by atoms with van der Waals surface area (Å²) in [5, 5.41) is 9.37. The summed E-state index contributed by atoms with van der Waals surface area (Å²) in [5.74, 6) is 0.683. The van der Waals surface area contributed by atoms with E-state index in [4.69, 9.17) is 4.74 Å². The van der Waals surface area contributed by atoms with Crippen molar-refractivity contribution in [2.24, 2.45) is 0 Å². The van der Waals surface area contributed by atoms with Gasteiger partial charge in [-0.1, -0.05) is 22.0 Å². The maximum atomic E-state index is 9.37. The molecule has 0 aliphatic heterocycles. The predicted molar refractivity (Wildman–Crippen MR) is 73.7 cm³/mol. The van der Waals surface area contributed by atoms with Crippen LogP contribution in [0, 0.1) is 0 Å². The maximum Gasteiger partial charge on any atom is 0.119 e. The smallest absolute Gasteiger partial charge is 0.119 e. The minimum Gasteiger partial charge on any atom is -0.493 e. The van der Waals surface area contributed by atoms with Gasteiger partial charge in [-0.2, -0.15) is 0 Å². The third-order valence-electron chi connectivity index (χ3n) is 2.59. The summed E-state index contributed by atoms with van der Waals surface area (Å²) in [7, 11) is 0. The Kier molecular flexibility index (Phi) is 4.73. The topological polar surface area (TPSA) is 42.4 Å². The lowest BCUT2D eigenvalue weighted by Crippen LogP contribution is -2.15. The largest absolute Gasteiger partial charge is 0.493 e. The van der Waals surface area contributed by atoms with Crippen LogP contribution in [0.1, 0.15) is 11.6 Å². The van der Waals surface area contributed by atoms with Crippen molar-refractivity contribution in [1.29, 1.82) is 0 Å². The van der Waals surface area contributed by atoms with Crippen LogP contribution in [-0.2, 0) is 0 Å². The van der Waals surface area contributed by atoms with Gasteiger partial charge in [0.05, 0.1) is 19.1 Å². The van der Waals surface area contributed by atoms with Gasteiger partial charge >= 0.3 is 0 Å². The summed E-state index contributed by atoms with van der Waals surface area (Å²) >= 11 is 3.37. The Morgan fingerprint density at radius 1 is 1.17 bits per heavy atom. The third kappa shape index (κ3) is 3.55. The van der Waals surface area contributed by atoms with Crippen molar-refractivity contribution in [3.8, 4) is 5.75 Å². The lowest BCUT2D eigenvalue weighted by Gasteiger charge is -2.14. The number of rotatable bonds is 5. The Morgan fingerprint density at radius 2 is 1.94 bits per heavy atom. The molecule has 1 aromatic heterocycles. The number of aliphatic hydroxyl groups excluding tert-OH is 1. The standard InChI is InChI=1S/C14H14BrNO2/c15-12-4-6-13(7-5-12)18-10-11(9-17)14-3-1-2-8-16-14/h1-8,11,17H,9-10H2. The number of nitrogens with zero attached hydrogens (tertiary/aromatic N) is 1. The van der Waals surface area contributed by atoms with Gasteiger partial charge in [0.15, 0.2) is 0 Å². The van der Waals surface area contributed by atoms with Crippen molar-refractivity contribution < 1.29 is 9.84 Å². The Balaban J connectivity index is 1.97. The van der Waals surface area contributed by atoms with Crippen molar-refractivity contribution in [2.75, 3.05) is 13.2 Å². The Labute approximate surface area is 115 Å². The first-order chi connectivity index (χ1) is 8.79. The van der Waals surface area contributed by atoms with Crippen molar-refractivity contribution in [1.82, 2.24) is 4.98 Å². The molecule has 0 fully saturated rings. The molecule has 0 bridgehead atoms. The monoisotopic (exact) mass is 307 g/mol. The van der Waals surface area contributed by atoms with E-state index in [-0.39, 0.29) is 12.5 Å². The minimum absolute atomic E-state index is 0.0214. The molecule has 0 spiro atoms. The summed E-state index contributed by atoms with van der Waals surface area (Å²) in [4.78, 5) is 4.23. The van der Waals surface area contributed by atoms with Gasteiger partial charge in [0, 0.05) is 16.4 Å². The first-order valence-electron chi connectivity index (χ1n) is 5.70. The fourth-order valence-corrected chi connectivity index (χ4v) is 1.84. The first-order valence-corrected chi connectivity index (χ1v) is 6.49. The van der Waals surface area contributed by atoms with Crippen molar-refractivity contribution in [2.45, 2.75) is 5.92 Å². The molecule has 2 rings (SSSR count). The molecular formula is C14H14BrNO2. The summed E-state index contributed by atoms with van der Waals surface area (Å²) in [6.45, 7) is 0.433. The molecule has 1 N–H and O–H groups in total. The molecule has 18 heavy (non-hydrogen) atoms. The zero-order valence-electron chi connectivity index (χ0n) is 9.79. The number of aliphatic hydroxyl groups is 1. The summed E-state index contributed by atoms with van der Waals surface area (Å²) in [6, 6.07) is 13.3. The highest BCUT2D eigenvalue weighted by Crippen LogP contribution is 2.19. The molecule has 1 atom stereocenters. The van der Waals surface area contributed by atoms with E-state index in [0.717, 1.165) is 15.9 Å². The van der Waals surface area contributed by atoms with E-state index in [0.29, 0.717) is 6.61 Å². The average molecular weight is 308 g/mol. The number of hydrogen-bond donors (Lipinski definition) is 1. The lowest BCUT2D eigenvalue weighted by molar-refractivity contribution is 0.203. The van der Waals surface area contributed by atoms with Gasteiger partial charge in [-0.05, 0) is 36.4 Å². The van der Waals surface area contributed by atoms with Crippen LogP contribution < -0.4 is 4.74 Å². The van der Waals surface area contributed by atoms with Crippen LogP contribution in [0.4, 0.5) is 0 Å². The molecule has 0 saturated carbocycles. The molecule has 94 valence electrons. The van der Waals surface area contributed by atoms with Crippen LogP contribution in [0.3, 0.4) is 0 Å². The molecular weight excluding hydrogens is 294 g/mol. The Hall–Kier alpha value is -1.39. The Morgan fingerprint density at radius 3 is 2.56 bits per heavy atom. The van der Waals surface area contributed by atoms with E-state index in [2.05, 4.69) is 20.9 Å². The average Bonchev–Trinajstić information content (AvgIpc) is 2.43. The van der Waals surface area contributed by atoms with Crippen LogP contribution in [-0.4, -0.2) is 23.3 Å². The lowest BCUT2D eigenvalue weighted by atomic mass is 10.1. The number of benzene rings is 1. The zero-order valence-corrected chi connectivity index (χ0v) is 11.4. The van der Waals surface area contributed by atoms with Crippen molar-refractivity contribution >= 4 is 15.9 Å². The molecule has 1 aromatic carbocycles. The van der Waals surface area contributed by atoms with Gasteiger partial charge < -0.3 is 9.84 Å². The van der Waals surface area contributed by atoms with Crippen LogP contribution in [0.15, 0.2) is 53.1 Å². The van der Waals surface area contributed by atoms with Crippen LogP contribution in [0.2, 0.25) is 0 Å². The highest BCUT2D eigenvalue weighted by molar-refractivity contribution is 9.10. The molecule has 0 saturated heterocycles. The summed E-state index contributed by atoms with van der Waals surface area (Å²) in [5.41, 5.74) is 0.845. The fraction of sp³-hybridized carbons (Fsp3) is 0.214. The quantitative estimate of drug-likeness (QED) is 0.923. The van der Waals surface area contributed by atoms with E-state index in [1.54, 1.807) is 6.20 Å². The molecule has 2 aromatic rings. The Bertz CT molecular complexity index is 473. The van der Waals surface area contributed by atoms with Crippen LogP contribution in [0.25, 0.3) is 0 Å². The number of pyridine rings is 1. The SMILES string of the molecule is OCC(COc1ccc(Br)cc1)c1ccccn1. The van der Waals surface area contributed by atoms with Gasteiger partial charge in [-0.3, -0.25) is 4.98 Å². The van der Waals surface area contributed by atoms with Gasteiger partial charge in [0.1, 0.15) is 5.75 Å². The molecule has 0 aliphatic carbocycles. The van der Waals surface area contributed by atoms with Gasteiger partial charge in [-0.25, -0.2) is 0 Å². The maximum absolute atomic E-state index is 9.37. The molecule has 1 heterocycles. The molecule has 0 amide bonds. The first kappa shape index (κ1) is 13.1. The molecule has 0 radical (unpaired) electrons. The summed E-state index contributed by atoms with van der Waals surface area (Å²) in [6.07, 6.45) is 1.72. The highest BCUT2D eigenvalue weighted by atomic mass is 79.9. The minimum atomic E-state index is -0.102. The number of aromatic nitrogens is 1. The molecule has 1 unspecified atom stereocenters. The number of ether oxygens (including phenoxy) is 1. The van der Waals surface area contributed by atoms with E-state index in [1.165, 1.54) is 0 Å². The van der Waals surface area contributed by atoms with Gasteiger partial charge in [-0.15, -0.1) is 0 Å². The van der Waals surface area contributed by atoms with E-state index >= 15 is 0 Å². The molecule has 0 aliphatic rings. The second-order valence-electron chi connectivity index (χ2n) is 3.90. The van der Waals surface area contributed by atoms with Crippen LogP contribution >= 0.6 is 15.9 Å². The second kappa shape index (κ2) is 6.52. The zero-order chi connectivity index (χ0) is 12.8. The predicted octanol–water partition coefficient (Wildman–Crippen LogP) is 3.00. The highest BCUT2D eigenvalue weighted by Gasteiger charge is 2.12. The van der Waals surface area contributed by atoms with Crippen molar-refractivity contribution in [3.05, 3.63) is 58.8 Å². The fourth-order valence-electron chi connectivity index (χ4n) is 1.58. The van der Waals surface area contributed by atoms with Crippen molar-refractivity contribution in [3.63, 3.8) is 0 Å². The normalized spacial score (nSPS) is 12.1. The number of hydrogen-bond acceptors (Lipinski definition) is 3. The van der Waals surface area contributed by atoms with Crippen LogP contribution in [0.5, 0.6) is 5.75 Å². The molecule has 4 heteroatoms.